The molecule has 0 spiro atoms. The summed E-state index contributed by atoms with van der Waals surface area (Å²) in [5.74, 6) is 0.00952. The minimum Gasteiger partial charge on any atom is -0.361 e. The van der Waals surface area contributed by atoms with E-state index in [1.165, 1.54) is 13.0 Å². The molecule has 0 atom stereocenters. The topological polar surface area (TPSA) is 32.9 Å². The third kappa shape index (κ3) is 1.59. The van der Waals surface area contributed by atoms with Gasteiger partial charge in [0.25, 0.3) is 0 Å². The first-order chi connectivity index (χ1) is 6.77. The molecule has 2 aromatic rings. The van der Waals surface area contributed by atoms with Crippen LogP contribution in [0.25, 0.3) is 10.9 Å². The first kappa shape index (κ1) is 8.75. The van der Waals surface area contributed by atoms with Gasteiger partial charge in [-0.2, -0.15) is 0 Å². The second kappa shape index (κ2) is 3.50. The Balaban J connectivity index is 2.48. The smallest absolute Gasteiger partial charge is 0.153 e. The molecule has 0 saturated carbocycles. The Bertz CT molecular complexity index is 494. The van der Waals surface area contributed by atoms with Crippen LogP contribution >= 0.6 is 0 Å². The number of hydrogen-bond acceptors (Lipinski definition) is 1. The van der Waals surface area contributed by atoms with Gasteiger partial charge in [-0.1, -0.05) is 18.2 Å². The van der Waals surface area contributed by atoms with Crippen molar-refractivity contribution < 1.29 is 4.79 Å². The molecule has 1 aromatic heterocycles. The van der Waals surface area contributed by atoms with Gasteiger partial charge in [-0.25, -0.2) is 0 Å². The average molecular weight is 184 g/mol. The molecule has 0 bridgehead atoms. The normalized spacial score (nSPS) is 11.2. The minimum absolute atomic E-state index is 0.00952. The van der Waals surface area contributed by atoms with Crippen LogP contribution in [0.15, 0.2) is 36.5 Å². The molecule has 0 amide bonds. The summed E-state index contributed by atoms with van der Waals surface area (Å²) in [6.45, 7) is 1.52. The minimum atomic E-state index is 0.00952. The van der Waals surface area contributed by atoms with Crippen LogP contribution in [0.2, 0.25) is 0 Å². The van der Waals surface area contributed by atoms with Crippen molar-refractivity contribution in [2.45, 2.75) is 6.92 Å². The number of ketones is 1. The van der Waals surface area contributed by atoms with Gasteiger partial charge in [-0.3, -0.25) is 4.79 Å². The molecule has 1 N–H and O–H groups in total. The molecule has 0 fully saturated rings. The molecule has 2 heteroatoms. The van der Waals surface area contributed by atoms with Crippen LogP contribution < -0.4 is 0 Å². The van der Waals surface area contributed by atoms with Gasteiger partial charge in [-0.15, -0.1) is 0 Å². The van der Waals surface area contributed by atoms with Crippen molar-refractivity contribution in [1.29, 1.82) is 0 Å². The molecule has 0 aliphatic rings. The van der Waals surface area contributed by atoms with E-state index in [0.29, 0.717) is 0 Å². The maximum atomic E-state index is 10.7. The van der Waals surface area contributed by atoms with Crippen LogP contribution in [0.3, 0.4) is 0 Å². The maximum absolute atomic E-state index is 10.7. The number of aromatic amines is 1. The zero-order chi connectivity index (χ0) is 9.97. The quantitative estimate of drug-likeness (QED) is 0.714. The molecule has 1 aromatic carbocycles. The Morgan fingerprint density at radius 2 is 2.21 bits per heavy atom. The number of allylic oxidation sites excluding steroid dienone is 1. The summed E-state index contributed by atoms with van der Waals surface area (Å²) in [5.41, 5.74) is 1.99. The number of aromatic nitrogens is 1. The van der Waals surface area contributed by atoms with Crippen LogP contribution in [0.1, 0.15) is 12.5 Å². The van der Waals surface area contributed by atoms with Crippen molar-refractivity contribution >= 4 is 16.7 Å². The number of hydrogen-bond donors (Lipinski definition) is 1. The molecule has 1 heterocycles. The highest BCUT2D eigenvalue weighted by molar-refractivity contribution is 5.89. The molecular weight excluding hydrogens is 174 g/mol. The second-order valence-corrected chi connectivity index (χ2v) is 3.15. The number of H-pyrrole nitrogens is 1. The Hall–Kier alpha value is -1.83. The largest absolute Gasteiger partial charge is 0.361 e. The van der Waals surface area contributed by atoms with Crippen molar-refractivity contribution in [3.63, 3.8) is 0 Å². The summed E-state index contributed by atoms with van der Waals surface area (Å²) in [7, 11) is 0. The Kier molecular flexibility index (Phi) is 2.19. The number of carbonyl (C=O) groups excluding carboxylic acids is 1. The van der Waals surface area contributed by atoms with Crippen LogP contribution in [-0.4, -0.2) is 10.8 Å². The predicted molar refractivity (Wildman–Crippen MR) is 55.9 cm³/mol. The van der Waals surface area contributed by atoms with Crippen molar-refractivity contribution in [2.75, 3.05) is 0 Å². The van der Waals surface area contributed by atoms with E-state index < -0.39 is 0 Å². The SMILES string of the molecule is CC(=O)/C=[C]/c1c[nH]c2ccccc12. The van der Waals surface area contributed by atoms with E-state index in [2.05, 4.69) is 11.1 Å². The molecule has 0 aliphatic heterocycles. The monoisotopic (exact) mass is 184 g/mol. The number of benzene rings is 1. The van der Waals surface area contributed by atoms with E-state index in [9.17, 15) is 4.79 Å². The van der Waals surface area contributed by atoms with Gasteiger partial charge in [0.2, 0.25) is 0 Å². The molecule has 14 heavy (non-hydrogen) atoms. The molecule has 69 valence electrons. The molecule has 0 unspecified atom stereocenters. The van der Waals surface area contributed by atoms with Crippen LogP contribution in [0.5, 0.6) is 0 Å². The van der Waals surface area contributed by atoms with Crippen molar-refractivity contribution in [3.8, 4) is 0 Å². The molecule has 2 nitrogen and oxygen atoms in total. The standard InChI is InChI=1S/C12H10NO/c1-9(14)6-7-10-8-13-12-5-3-2-4-11(10)12/h2-6,8,13H,1H3. The zero-order valence-electron chi connectivity index (χ0n) is 7.87. The highest BCUT2D eigenvalue weighted by Crippen LogP contribution is 2.17. The first-order valence-corrected chi connectivity index (χ1v) is 4.44. The van der Waals surface area contributed by atoms with Gasteiger partial charge in [0, 0.05) is 22.7 Å². The lowest BCUT2D eigenvalue weighted by Crippen LogP contribution is -1.80. The van der Waals surface area contributed by atoms with Gasteiger partial charge < -0.3 is 4.98 Å². The Morgan fingerprint density at radius 1 is 1.43 bits per heavy atom. The molecule has 0 saturated heterocycles. The van der Waals surface area contributed by atoms with Crippen LogP contribution in [0.4, 0.5) is 0 Å². The predicted octanol–water partition coefficient (Wildman–Crippen LogP) is 2.46. The van der Waals surface area contributed by atoms with Crippen molar-refractivity contribution in [2.24, 2.45) is 0 Å². The first-order valence-electron chi connectivity index (χ1n) is 4.44. The third-order valence-electron chi connectivity index (χ3n) is 2.02. The summed E-state index contributed by atoms with van der Waals surface area (Å²) in [6.07, 6.45) is 6.27. The molecule has 0 aliphatic carbocycles. The highest BCUT2D eigenvalue weighted by atomic mass is 16.1. The van der Waals surface area contributed by atoms with Gasteiger partial charge >= 0.3 is 0 Å². The van der Waals surface area contributed by atoms with Gasteiger partial charge in [0.15, 0.2) is 5.78 Å². The Labute approximate surface area is 82.3 Å². The molecule has 2 rings (SSSR count). The Morgan fingerprint density at radius 3 is 3.00 bits per heavy atom. The zero-order valence-corrected chi connectivity index (χ0v) is 7.87. The van der Waals surface area contributed by atoms with E-state index in [1.54, 1.807) is 0 Å². The van der Waals surface area contributed by atoms with Crippen molar-refractivity contribution in [3.05, 3.63) is 48.2 Å². The fraction of sp³-hybridized carbons (Fsp3) is 0.0833. The van der Waals surface area contributed by atoms with E-state index in [0.717, 1.165) is 16.5 Å². The van der Waals surface area contributed by atoms with E-state index in [1.807, 2.05) is 30.5 Å². The van der Waals surface area contributed by atoms with Crippen LogP contribution in [-0.2, 0) is 4.79 Å². The van der Waals surface area contributed by atoms with Crippen LogP contribution in [0, 0.1) is 6.08 Å². The highest BCUT2D eigenvalue weighted by Gasteiger charge is 1.98. The van der Waals surface area contributed by atoms with Gasteiger partial charge in [-0.05, 0) is 25.1 Å². The van der Waals surface area contributed by atoms with Gasteiger partial charge in [0.05, 0.1) is 0 Å². The number of fused-ring (bicyclic) bond motifs is 1. The number of nitrogens with one attached hydrogen (secondary N) is 1. The summed E-state index contributed by atoms with van der Waals surface area (Å²) < 4.78 is 0. The molecule has 1 radical (unpaired) electrons. The summed E-state index contributed by atoms with van der Waals surface area (Å²) >= 11 is 0. The fourth-order valence-electron chi connectivity index (χ4n) is 1.37. The average Bonchev–Trinajstić information content (AvgIpc) is 2.58. The summed E-state index contributed by atoms with van der Waals surface area (Å²) in [5, 5.41) is 1.09. The molecular formula is C12H10NO. The number of rotatable bonds is 2. The number of carbonyl (C=O) groups is 1. The summed E-state index contributed by atoms with van der Waals surface area (Å²) in [6, 6.07) is 7.93. The second-order valence-electron chi connectivity index (χ2n) is 3.15. The van der Waals surface area contributed by atoms with Gasteiger partial charge in [0.1, 0.15) is 0 Å². The number of para-hydroxylation sites is 1. The lowest BCUT2D eigenvalue weighted by atomic mass is 10.1. The maximum Gasteiger partial charge on any atom is 0.153 e. The lowest BCUT2D eigenvalue weighted by molar-refractivity contribution is -0.112. The van der Waals surface area contributed by atoms with E-state index >= 15 is 0 Å². The fourth-order valence-corrected chi connectivity index (χ4v) is 1.37. The lowest BCUT2D eigenvalue weighted by Gasteiger charge is -1.88. The third-order valence-corrected chi connectivity index (χ3v) is 2.02. The summed E-state index contributed by atoms with van der Waals surface area (Å²) in [4.78, 5) is 13.9. The van der Waals surface area contributed by atoms with E-state index in [4.69, 9.17) is 0 Å². The van der Waals surface area contributed by atoms with Crippen molar-refractivity contribution in [1.82, 2.24) is 4.98 Å². The van der Waals surface area contributed by atoms with E-state index in [-0.39, 0.29) is 5.78 Å².